The van der Waals surface area contributed by atoms with Gasteiger partial charge >= 0.3 is 0 Å². The molecule has 2 N–H and O–H groups in total. The summed E-state index contributed by atoms with van der Waals surface area (Å²) in [5, 5.41) is 19.7. The van der Waals surface area contributed by atoms with Gasteiger partial charge in [-0.2, -0.15) is 13.0 Å². The van der Waals surface area contributed by atoms with Crippen LogP contribution in [-0.2, 0) is 33.1 Å². The predicted octanol–water partition coefficient (Wildman–Crippen LogP) is 8.58. The lowest BCUT2D eigenvalue weighted by atomic mass is 9.72. The Hall–Kier alpha value is -2.53. The van der Waals surface area contributed by atoms with Crippen molar-refractivity contribution >= 4 is 47.7 Å². The van der Waals surface area contributed by atoms with Crippen molar-refractivity contribution in [3.63, 3.8) is 0 Å². The Labute approximate surface area is 296 Å². The summed E-state index contributed by atoms with van der Waals surface area (Å²) in [4.78, 5) is 39.2. The zero-order chi connectivity index (χ0) is 36.5. The summed E-state index contributed by atoms with van der Waals surface area (Å²) in [6.07, 6.45) is 0. The van der Waals surface area contributed by atoms with Crippen LogP contribution < -0.4 is 0 Å². The Bertz CT molecular complexity index is 1410. The van der Waals surface area contributed by atoms with E-state index in [9.17, 15) is 19.8 Å². The van der Waals surface area contributed by atoms with Crippen LogP contribution in [0.3, 0.4) is 0 Å². The van der Waals surface area contributed by atoms with E-state index in [1.54, 1.807) is 55.5 Å². The summed E-state index contributed by atoms with van der Waals surface area (Å²) in [5.74, 6) is -0.351. The largest absolute Gasteiger partial charge is 0.390 e. The molecule has 0 saturated heterocycles. The first kappa shape index (κ1) is 43.5. The Morgan fingerprint density at radius 3 is 1.23 bits per heavy atom. The molecule has 0 fully saturated rings. The van der Waals surface area contributed by atoms with Crippen molar-refractivity contribution in [3.05, 3.63) is 102 Å². The standard InChI is InChI=1S/C13H20O3S.C11H14O4S.C11H12O3S/c1-12(2,13(3,4)14)10-6-8-11(9-7-10)17-16-15-5;1-11(2,13)10(12)8-4-6-9(7-5-8)16-15-14-3;1-8(2)11(12)9-4-6-10(7-5-9)15-14-13-3/h6-9,14H,1-5H3;4-7,13H,1-3H3;4-7H,1H2,2-3H3. The first-order valence-electron chi connectivity index (χ1n) is 14.5. The molecular weight excluding hydrogens is 677 g/mol. The van der Waals surface area contributed by atoms with Crippen molar-refractivity contribution < 1.29 is 47.5 Å². The fourth-order valence-electron chi connectivity index (χ4n) is 3.42. The van der Waals surface area contributed by atoms with Crippen LogP contribution in [0.1, 0.15) is 74.7 Å². The van der Waals surface area contributed by atoms with Gasteiger partial charge < -0.3 is 10.2 Å². The van der Waals surface area contributed by atoms with E-state index in [2.05, 4.69) is 29.9 Å². The molecule has 0 aliphatic carbocycles. The highest BCUT2D eigenvalue weighted by molar-refractivity contribution is 7.95. The maximum atomic E-state index is 11.7. The second-order valence-corrected chi connectivity index (χ2v) is 14.0. The quantitative estimate of drug-likeness (QED) is 0.0511. The molecule has 0 heterocycles. The number of benzene rings is 3. The van der Waals surface area contributed by atoms with Gasteiger partial charge in [0.15, 0.2) is 11.6 Å². The summed E-state index contributed by atoms with van der Waals surface area (Å²) in [6, 6.07) is 21.7. The van der Waals surface area contributed by atoms with Crippen LogP contribution in [0.5, 0.6) is 0 Å². The Morgan fingerprint density at radius 1 is 0.604 bits per heavy atom. The van der Waals surface area contributed by atoms with Crippen molar-refractivity contribution in [1.29, 1.82) is 0 Å². The monoisotopic (exact) mass is 722 g/mol. The Kier molecular flexibility index (Phi) is 18.9. The van der Waals surface area contributed by atoms with Crippen molar-refractivity contribution in [2.75, 3.05) is 21.3 Å². The minimum absolute atomic E-state index is 0.0424. The number of rotatable bonds is 15. The van der Waals surface area contributed by atoms with Gasteiger partial charge in [0.1, 0.15) is 5.60 Å². The molecule has 3 aromatic rings. The maximum Gasteiger partial charge on any atom is 0.193 e. The summed E-state index contributed by atoms with van der Waals surface area (Å²) >= 11 is 3.31. The van der Waals surface area contributed by atoms with Gasteiger partial charge in [-0.3, -0.25) is 9.59 Å². The minimum atomic E-state index is -1.35. The molecular formula is C35H46O10S3. The average Bonchev–Trinajstić information content (AvgIpc) is 3.05. The van der Waals surface area contributed by atoms with E-state index in [1.165, 1.54) is 35.2 Å². The number of hydrogen-bond acceptors (Lipinski definition) is 13. The number of Topliss-reactive ketones (excluding diaryl/α,β-unsaturated/α-hetero) is 2. The van der Waals surface area contributed by atoms with E-state index in [-0.39, 0.29) is 17.0 Å². The summed E-state index contributed by atoms with van der Waals surface area (Å²) in [5.41, 5.74) is 0.287. The summed E-state index contributed by atoms with van der Waals surface area (Å²) in [7, 11) is 4.32. The lowest BCUT2D eigenvalue weighted by Crippen LogP contribution is -2.42. The second-order valence-electron chi connectivity index (χ2n) is 11.7. The fourth-order valence-corrected chi connectivity index (χ4v) is 4.61. The number of ketones is 2. The molecule has 0 unspecified atom stereocenters. The number of carbonyl (C=O) groups excluding carboxylic acids is 2. The SMILES string of the molecule is C=C(C)C(=O)c1ccc(SOOC)cc1.COOSc1ccc(C(=O)C(C)(C)O)cc1.COOSc1ccc(C(C)(C)C(C)(C)O)cc1. The van der Waals surface area contributed by atoms with E-state index in [0.717, 1.165) is 56.4 Å². The topological polar surface area (TPSA) is 130 Å². The third-order valence-electron chi connectivity index (χ3n) is 6.88. The molecule has 3 rings (SSSR count). The van der Waals surface area contributed by atoms with Gasteiger partial charge in [-0.15, -0.1) is 0 Å². The first-order chi connectivity index (χ1) is 22.4. The van der Waals surface area contributed by atoms with Crippen LogP contribution in [0, 0.1) is 0 Å². The fraction of sp³-hybridized carbons (Fsp3) is 0.371. The molecule has 0 bridgehead atoms. The molecule has 0 amide bonds. The van der Waals surface area contributed by atoms with Gasteiger partial charge in [0.25, 0.3) is 0 Å². The smallest absolute Gasteiger partial charge is 0.193 e. The molecule has 264 valence electrons. The van der Waals surface area contributed by atoms with Crippen LogP contribution in [0.2, 0.25) is 0 Å². The molecule has 0 atom stereocenters. The maximum absolute atomic E-state index is 11.7. The normalized spacial score (nSPS) is 11.5. The van der Waals surface area contributed by atoms with Gasteiger partial charge in [0.05, 0.1) is 63.1 Å². The second kappa shape index (κ2) is 20.9. The van der Waals surface area contributed by atoms with E-state index in [4.69, 9.17) is 4.33 Å². The van der Waals surface area contributed by atoms with Gasteiger partial charge in [-0.25, -0.2) is 14.7 Å². The van der Waals surface area contributed by atoms with Crippen molar-refractivity contribution in [3.8, 4) is 0 Å². The van der Waals surface area contributed by atoms with E-state index in [0.29, 0.717) is 16.7 Å². The van der Waals surface area contributed by atoms with Gasteiger partial charge in [-0.05, 0) is 94.3 Å². The molecule has 10 nitrogen and oxygen atoms in total. The number of hydrogen-bond donors (Lipinski definition) is 2. The molecule has 3 aromatic carbocycles. The highest BCUT2D eigenvalue weighted by atomic mass is 32.2. The van der Waals surface area contributed by atoms with Gasteiger partial charge in [0.2, 0.25) is 0 Å². The van der Waals surface area contributed by atoms with Crippen LogP contribution in [0.25, 0.3) is 0 Å². The minimum Gasteiger partial charge on any atom is -0.390 e. The molecule has 0 spiro atoms. The summed E-state index contributed by atoms with van der Waals surface area (Å²) < 4.78 is 14.1. The molecule has 0 aromatic heterocycles. The van der Waals surface area contributed by atoms with E-state index >= 15 is 0 Å². The van der Waals surface area contributed by atoms with Gasteiger partial charge in [-0.1, -0.05) is 44.7 Å². The van der Waals surface area contributed by atoms with Crippen molar-refractivity contribution in [1.82, 2.24) is 0 Å². The van der Waals surface area contributed by atoms with E-state index < -0.39 is 11.2 Å². The van der Waals surface area contributed by atoms with Crippen LogP contribution in [0.4, 0.5) is 0 Å². The summed E-state index contributed by atoms with van der Waals surface area (Å²) in [6.45, 7) is 15.9. The third kappa shape index (κ3) is 14.9. The highest BCUT2D eigenvalue weighted by Gasteiger charge is 2.36. The number of allylic oxidation sites excluding steroid dienone is 1. The van der Waals surface area contributed by atoms with Crippen molar-refractivity contribution in [2.45, 2.75) is 79.8 Å². The molecule has 0 aliphatic rings. The lowest BCUT2D eigenvalue weighted by Gasteiger charge is -2.37. The van der Waals surface area contributed by atoms with Gasteiger partial charge in [0, 0.05) is 31.2 Å². The predicted molar refractivity (Wildman–Crippen MR) is 190 cm³/mol. The van der Waals surface area contributed by atoms with Crippen LogP contribution >= 0.6 is 36.1 Å². The Morgan fingerprint density at radius 2 is 0.938 bits per heavy atom. The first-order valence-corrected chi connectivity index (χ1v) is 16.7. The molecule has 0 radical (unpaired) electrons. The molecule has 0 saturated carbocycles. The van der Waals surface area contributed by atoms with Crippen LogP contribution in [-0.4, -0.2) is 54.3 Å². The highest BCUT2D eigenvalue weighted by Crippen LogP contribution is 2.35. The molecule has 0 aliphatic heterocycles. The van der Waals surface area contributed by atoms with Crippen LogP contribution in [0.15, 0.2) is 99.6 Å². The lowest BCUT2D eigenvalue weighted by molar-refractivity contribution is -0.160. The third-order valence-corrected chi connectivity index (χ3v) is 8.88. The average molecular weight is 723 g/mol. The van der Waals surface area contributed by atoms with E-state index in [1.807, 2.05) is 52.0 Å². The number of aliphatic hydroxyl groups is 2. The zero-order valence-electron chi connectivity index (χ0n) is 29.0. The number of carbonyl (C=O) groups is 2. The molecule has 13 heteroatoms. The Balaban J connectivity index is 0.000000361. The zero-order valence-corrected chi connectivity index (χ0v) is 31.5. The molecule has 48 heavy (non-hydrogen) atoms. The van der Waals surface area contributed by atoms with Crippen molar-refractivity contribution in [2.24, 2.45) is 0 Å².